The summed E-state index contributed by atoms with van der Waals surface area (Å²) >= 11 is 6.35. The number of aromatic nitrogens is 1. The van der Waals surface area contributed by atoms with E-state index >= 15 is 0 Å². The molecule has 2 aliphatic rings. The smallest absolute Gasteiger partial charge is 0.270 e. The molecule has 7 heteroatoms. The van der Waals surface area contributed by atoms with Crippen molar-refractivity contribution in [3.8, 4) is 5.75 Å². The van der Waals surface area contributed by atoms with Gasteiger partial charge in [0.1, 0.15) is 23.9 Å². The highest BCUT2D eigenvalue weighted by Gasteiger charge is 2.28. The Hall–Kier alpha value is -2.73. The quantitative estimate of drug-likeness (QED) is 0.658. The van der Waals surface area contributed by atoms with E-state index in [1.54, 1.807) is 18.2 Å². The number of ether oxygens (including phenoxy) is 1. The number of piperazine rings is 1. The molecule has 0 bridgehead atoms. The summed E-state index contributed by atoms with van der Waals surface area (Å²) in [5, 5.41) is 1.45. The van der Waals surface area contributed by atoms with Gasteiger partial charge in [-0.3, -0.25) is 4.79 Å². The molecule has 3 heterocycles. The predicted molar refractivity (Wildman–Crippen MR) is 107 cm³/mol. The van der Waals surface area contributed by atoms with Crippen LogP contribution in [0.2, 0.25) is 5.02 Å². The van der Waals surface area contributed by atoms with E-state index in [-0.39, 0.29) is 11.7 Å². The van der Waals surface area contributed by atoms with E-state index in [0.717, 1.165) is 16.7 Å². The van der Waals surface area contributed by atoms with Crippen LogP contribution in [0.15, 0.2) is 42.5 Å². The van der Waals surface area contributed by atoms with Gasteiger partial charge in [0.25, 0.3) is 5.91 Å². The average molecular weight is 400 g/mol. The summed E-state index contributed by atoms with van der Waals surface area (Å²) in [6.45, 7) is 3.44. The minimum atomic E-state index is -0.230. The third kappa shape index (κ3) is 2.71. The molecule has 5 nitrogen and oxygen atoms in total. The fourth-order valence-corrected chi connectivity index (χ4v) is 4.31. The van der Waals surface area contributed by atoms with Gasteiger partial charge in [0.05, 0.1) is 22.8 Å². The number of amides is 1. The van der Waals surface area contributed by atoms with Gasteiger partial charge in [-0.2, -0.15) is 0 Å². The van der Waals surface area contributed by atoms with Gasteiger partial charge in [-0.25, -0.2) is 4.39 Å². The highest BCUT2D eigenvalue weighted by molar-refractivity contribution is 6.36. The summed E-state index contributed by atoms with van der Waals surface area (Å²) < 4.78 is 21.8. The molecular formula is C21H19ClFN3O2. The number of nitrogens with zero attached hydrogens (tertiary/aromatic N) is 3. The van der Waals surface area contributed by atoms with Crippen molar-refractivity contribution in [2.75, 3.05) is 37.7 Å². The van der Waals surface area contributed by atoms with Crippen molar-refractivity contribution < 1.29 is 13.9 Å². The first-order valence-corrected chi connectivity index (χ1v) is 9.74. The van der Waals surface area contributed by atoms with E-state index in [0.29, 0.717) is 55.7 Å². The molecule has 1 aromatic heterocycles. The summed E-state index contributed by atoms with van der Waals surface area (Å²) in [6.07, 6.45) is 0. The molecular weight excluding hydrogens is 381 g/mol. The Labute approximate surface area is 166 Å². The van der Waals surface area contributed by atoms with Crippen LogP contribution >= 0.6 is 11.6 Å². The van der Waals surface area contributed by atoms with Gasteiger partial charge >= 0.3 is 0 Å². The highest BCUT2D eigenvalue weighted by atomic mass is 35.5. The molecule has 5 rings (SSSR count). The van der Waals surface area contributed by atoms with Gasteiger partial charge in [-0.1, -0.05) is 23.7 Å². The standard InChI is InChI=1S/C21H19ClFN3O2/c22-15-5-6-19-20-14(15)13-18(26(20)11-12-28-19)21(27)25-9-7-24(8-10-25)17-4-2-1-3-16(17)23/h1-6,13H,7-12H2. The van der Waals surface area contributed by atoms with Gasteiger partial charge in [0.15, 0.2) is 0 Å². The molecule has 0 atom stereocenters. The van der Waals surface area contributed by atoms with Gasteiger partial charge in [-0.05, 0) is 30.3 Å². The third-order valence-corrected chi connectivity index (χ3v) is 5.85. The van der Waals surface area contributed by atoms with Crippen LogP contribution < -0.4 is 9.64 Å². The maximum atomic E-state index is 14.0. The summed E-state index contributed by atoms with van der Waals surface area (Å²) in [5.74, 6) is 0.508. The minimum Gasteiger partial charge on any atom is -0.490 e. The largest absolute Gasteiger partial charge is 0.490 e. The molecule has 2 aromatic carbocycles. The van der Waals surface area contributed by atoms with Crippen LogP contribution in [-0.2, 0) is 6.54 Å². The van der Waals surface area contributed by atoms with Crippen molar-refractivity contribution in [1.82, 2.24) is 9.47 Å². The molecule has 28 heavy (non-hydrogen) atoms. The Bertz CT molecular complexity index is 1070. The molecule has 0 aliphatic carbocycles. The molecule has 0 spiro atoms. The van der Waals surface area contributed by atoms with E-state index in [2.05, 4.69) is 0 Å². The van der Waals surface area contributed by atoms with Crippen LogP contribution in [0, 0.1) is 5.82 Å². The zero-order chi connectivity index (χ0) is 19.3. The summed E-state index contributed by atoms with van der Waals surface area (Å²) in [5.41, 5.74) is 2.10. The molecule has 1 amide bonds. The molecule has 0 saturated carbocycles. The second-order valence-electron chi connectivity index (χ2n) is 7.07. The summed E-state index contributed by atoms with van der Waals surface area (Å²) in [7, 11) is 0. The van der Waals surface area contributed by atoms with Crippen LogP contribution in [0.4, 0.5) is 10.1 Å². The Morgan fingerprint density at radius 3 is 2.61 bits per heavy atom. The summed E-state index contributed by atoms with van der Waals surface area (Å²) in [6, 6.07) is 12.3. The number of para-hydroxylation sites is 1. The normalized spacial score (nSPS) is 16.4. The Morgan fingerprint density at radius 1 is 1.04 bits per heavy atom. The number of hydrogen-bond acceptors (Lipinski definition) is 3. The van der Waals surface area contributed by atoms with Crippen LogP contribution in [0.25, 0.3) is 10.9 Å². The lowest BCUT2D eigenvalue weighted by Gasteiger charge is -2.36. The van der Waals surface area contributed by atoms with Crippen molar-refractivity contribution in [1.29, 1.82) is 0 Å². The fourth-order valence-electron chi connectivity index (χ4n) is 4.11. The third-order valence-electron chi connectivity index (χ3n) is 5.52. The Morgan fingerprint density at radius 2 is 1.82 bits per heavy atom. The maximum absolute atomic E-state index is 14.0. The lowest BCUT2D eigenvalue weighted by atomic mass is 10.2. The number of hydrogen-bond donors (Lipinski definition) is 0. The molecule has 0 radical (unpaired) electrons. The SMILES string of the molecule is O=C(c1cc2c(Cl)ccc3c2n1CCO3)N1CCN(c2ccccc2F)CC1. The van der Waals surface area contributed by atoms with Crippen LogP contribution in [0.5, 0.6) is 5.75 Å². The van der Waals surface area contributed by atoms with Gasteiger partial charge in [-0.15, -0.1) is 0 Å². The lowest BCUT2D eigenvalue weighted by molar-refractivity contribution is 0.0734. The molecule has 3 aromatic rings. The van der Waals surface area contributed by atoms with E-state index < -0.39 is 0 Å². The van der Waals surface area contributed by atoms with Crippen LogP contribution in [0.3, 0.4) is 0 Å². The van der Waals surface area contributed by atoms with Gasteiger partial charge in [0.2, 0.25) is 0 Å². The number of rotatable bonds is 2. The predicted octanol–water partition coefficient (Wildman–Crippen LogP) is 3.79. The van der Waals surface area contributed by atoms with Gasteiger partial charge < -0.3 is 19.1 Å². The molecule has 1 fully saturated rings. The van der Waals surface area contributed by atoms with Crippen molar-refractivity contribution in [3.63, 3.8) is 0 Å². The number of carbonyl (C=O) groups is 1. The van der Waals surface area contributed by atoms with E-state index in [9.17, 15) is 9.18 Å². The van der Waals surface area contributed by atoms with E-state index in [1.807, 2.05) is 32.6 Å². The van der Waals surface area contributed by atoms with Crippen molar-refractivity contribution in [2.24, 2.45) is 0 Å². The molecule has 0 unspecified atom stereocenters. The molecule has 2 aliphatic heterocycles. The molecule has 144 valence electrons. The van der Waals surface area contributed by atoms with Gasteiger partial charge in [0, 0.05) is 31.6 Å². The highest BCUT2D eigenvalue weighted by Crippen LogP contribution is 2.36. The molecule has 0 N–H and O–H groups in total. The maximum Gasteiger partial charge on any atom is 0.270 e. The van der Waals surface area contributed by atoms with Crippen molar-refractivity contribution in [2.45, 2.75) is 6.54 Å². The Kier molecular flexibility index (Phi) is 4.16. The zero-order valence-corrected chi connectivity index (χ0v) is 16.0. The number of benzene rings is 2. The first-order valence-electron chi connectivity index (χ1n) is 9.37. The average Bonchev–Trinajstić information content (AvgIpc) is 3.12. The molecule has 1 saturated heterocycles. The first-order chi connectivity index (χ1) is 13.6. The topological polar surface area (TPSA) is 37.7 Å². The zero-order valence-electron chi connectivity index (χ0n) is 15.2. The minimum absolute atomic E-state index is 0.0201. The number of carbonyl (C=O) groups excluding carboxylic acids is 1. The fraction of sp³-hybridized carbons (Fsp3) is 0.286. The van der Waals surface area contributed by atoms with E-state index in [4.69, 9.17) is 16.3 Å². The second kappa shape index (κ2) is 6.71. The number of halogens is 2. The van der Waals surface area contributed by atoms with E-state index in [1.165, 1.54) is 6.07 Å². The number of anilines is 1. The first kappa shape index (κ1) is 17.4. The Balaban J connectivity index is 1.41. The summed E-state index contributed by atoms with van der Waals surface area (Å²) in [4.78, 5) is 17.1. The second-order valence-corrected chi connectivity index (χ2v) is 7.48. The monoisotopic (exact) mass is 399 g/mol. The lowest BCUT2D eigenvalue weighted by Crippen LogP contribution is -2.49. The van der Waals surface area contributed by atoms with Crippen LogP contribution in [0.1, 0.15) is 10.5 Å². The van der Waals surface area contributed by atoms with Crippen molar-refractivity contribution in [3.05, 3.63) is 59.0 Å². The van der Waals surface area contributed by atoms with Crippen LogP contribution in [-0.4, -0.2) is 48.2 Å². The van der Waals surface area contributed by atoms with Crippen molar-refractivity contribution >= 4 is 34.1 Å².